The maximum atomic E-state index is 13.6. The number of nitriles is 1. The Labute approximate surface area is 266 Å². The molecule has 1 aromatic heterocycles. The van der Waals surface area contributed by atoms with E-state index in [0.717, 1.165) is 5.56 Å². The summed E-state index contributed by atoms with van der Waals surface area (Å²) in [5.74, 6) is -0.330. The minimum Gasteiger partial charge on any atom is -0.497 e. The second-order valence-corrected chi connectivity index (χ2v) is 10.4. The maximum absolute atomic E-state index is 13.6. The third-order valence-electron chi connectivity index (χ3n) is 7.24. The smallest absolute Gasteiger partial charge is 0.255 e. The molecule has 0 aliphatic rings. The maximum Gasteiger partial charge on any atom is 0.255 e. The van der Waals surface area contributed by atoms with Crippen molar-refractivity contribution >= 4 is 29.1 Å². The molecule has 1 heterocycles. The van der Waals surface area contributed by atoms with Gasteiger partial charge in [0.05, 0.1) is 24.9 Å². The van der Waals surface area contributed by atoms with Crippen LogP contribution >= 0.6 is 0 Å². The Bertz CT molecular complexity index is 1860. The van der Waals surface area contributed by atoms with Gasteiger partial charge in [0.2, 0.25) is 11.8 Å². The molecular formula is C35H31N7O4. The highest BCUT2D eigenvalue weighted by atomic mass is 16.5. The minimum atomic E-state index is -0.832. The Morgan fingerprint density at radius 3 is 2.39 bits per heavy atom. The van der Waals surface area contributed by atoms with Gasteiger partial charge >= 0.3 is 0 Å². The molecule has 5 rings (SSSR count). The minimum absolute atomic E-state index is 0.160. The first-order valence-corrected chi connectivity index (χ1v) is 14.4. The fourth-order valence-corrected chi connectivity index (χ4v) is 4.77. The molecule has 230 valence electrons. The van der Waals surface area contributed by atoms with Gasteiger partial charge in [-0.05, 0) is 66.2 Å². The predicted molar refractivity (Wildman–Crippen MR) is 173 cm³/mol. The van der Waals surface area contributed by atoms with E-state index in [4.69, 9.17) is 10.00 Å². The van der Waals surface area contributed by atoms with Gasteiger partial charge in [0, 0.05) is 36.0 Å². The number of rotatable bonds is 11. The summed E-state index contributed by atoms with van der Waals surface area (Å²) >= 11 is 0. The van der Waals surface area contributed by atoms with E-state index in [1.165, 1.54) is 9.58 Å². The number of carbonyl (C=O) groups excluding carboxylic acids is 3. The molecule has 0 bridgehead atoms. The number of nitrogens with one attached hydrogen (secondary N) is 2. The summed E-state index contributed by atoms with van der Waals surface area (Å²) in [4.78, 5) is 41.0. The molecule has 0 saturated carbocycles. The number of anilines is 2. The Morgan fingerprint density at radius 1 is 0.957 bits per heavy atom. The number of nitrogens with zero attached hydrogens (tertiary/aromatic N) is 5. The number of carbonyl (C=O) groups is 3. The van der Waals surface area contributed by atoms with E-state index in [9.17, 15) is 14.4 Å². The fraction of sp³-hybridized carbons (Fsp3) is 0.143. The molecule has 0 fully saturated rings. The molecule has 4 aromatic carbocycles. The number of hydrogen-bond acceptors (Lipinski definition) is 7. The van der Waals surface area contributed by atoms with Crippen molar-refractivity contribution in [1.29, 1.82) is 5.26 Å². The van der Waals surface area contributed by atoms with Gasteiger partial charge in [-0.1, -0.05) is 47.7 Å². The zero-order valence-electron chi connectivity index (χ0n) is 25.3. The van der Waals surface area contributed by atoms with Crippen LogP contribution in [0.1, 0.15) is 21.5 Å². The molecular weight excluding hydrogens is 582 g/mol. The molecule has 11 nitrogen and oxygen atoms in total. The first-order valence-electron chi connectivity index (χ1n) is 14.4. The van der Waals surface area contributed by atoms with Crippen molar-refractivity contribution in [2.75, 3.05) is 24.4 Å². The number of amides is 3. The highest BCUT2D eigenvalue weighted by Gasteiger charge is 2.26. The third-order valence-corrected chi connectivity index (χ3v) is 7.24. The Morgan fingerprint density at radius 2 is 1.70 bits per heavy atom. The Balaban J connectivity index is 1.26. The second kappa shape index (κ2) is 14.5. The number of benzene rings is 4. The van der Waals surface area contributed by atoms with Crippen LogP contribution in [0, 0.1) is 11.3 Å². The molecule has 2 N–H and O–H groups in total. The highest BCUT2D eigenvalue weighted by Crippen LogP contribution is 2.22. The van der Waals surface area contributed by atoms with Crippen LogP contribution in [0.25, 0.3) is 11.3 Å². The second-order valence-electron chi connectivity index (χ2n) is 10.4. The molecule has 0 radical (unpaired) electrons. The molecule has 3 amide bonds. The van der Waals surface area contributed by atoms with Gasteiger partial charge < -0.3 is 20.3 Å². The van der Waals surface area contributed by atoms with Gasteiger partial charge in [-0.2, -0.15) is 5.26 Å². The quantitative estimate of drug-likeness (QED) is 0.224. The first-order chi connectivity index (χ1) is 22.3. The SMILES string of the molecule is COc1ccc(N(C)C(=O)C(Cc2ccccc2)NC(=O)Cn2cc(-c3cccc(NC(=O)c4ccc(C#N)cc4)c3)nn2)cc1. The zero-order valence-corrected chi connectivity index (χ0v) is 25.3. The lowest BCUT2D eigenvalue weighted by Crippen LogP contribution is -2.49. The van der Waals surface area contributed by atoms with Crippen molar-refractivity contribution < 1.29 is 19.1 Å². The van der Waals surface area contributed by atoms with Crippen molar-refractivity contribution in [3.8, 4) is 23.1 Å². The summed E-state index contributed by atoms with van der Waals surface area (Å²) in [6.45, 7) is -0.160. The van der Waals surface area contributed by atoms with E-state index in [1.807, 2.05) is 42.5 Å². The van der Waals surface area contributed by atoms with E-state index in [2.05, 4.69) is 20.9 Å². The van der Waals surface area contributed by atoms with Crippen molar-refractivity contribution in [2.24, 2.45) is 0 Å². The highest BCUT2D eigenvalue weighted by molar-refractivity contribution is 6.04. The van der Waals surface area contributed by atoms with Crippen LogP contribution in [-0.2, 0) is 22.6 Å². The van der Waals surface area contributed by atoms with Crippen LogP contribution in [0.5, 0.6) is 5.75 Å². The largest absolute Gasteiger partial charge is 0.497 e. The lowest BCUT2D eigenvalue weighted by atomic mass is 10.0. The topological polar surface area (TPSA) is 142 Å². The molecule has 11 heteroatoms. The Hall–Kier alpha value is -6.28. The number of aromatic nitrogens is 3. The molecule has 0 saturated heterocycles. The monoisotopic (exact) mass is 613 g/mol. The van der Waals surface area contributed by atoms with Gasteiger partial charge in [-0.15, -0.1) is 5.10 Å². The fourth-order valence-electron chi connectivity index (χ4n) is 4.77. The van der Waals surface area contributed by atoms with Crippen LogP contribution in [0.2, 0.25) is 0 Å². The molecule has 5 aromatic rings. The zero-order chi connectivity index (χ0) is 32.5. The van der Waals surface area contributed by atoms with Crippen LogP contribution < -0.4 is 20.3 Å². The van der Waals surface area contributed by atoms with E-state index in [0.29, 0.717) is 45.9 Å². The van der Waals surface area contributed by atoms with Crippen molar-refractivity contribution in [1.82, 2.24) is 20.3 Å². The number of hydrogen-bond donors (Lipinski definition) is 2. The van der Waals surface area contributed by atoms with Gasteiger partial charge in [-0.25, -0.2) is 4.68 Å². The number of methoxy groups -OCH3 is 1. The summed E-state index contributed by atoms with van der Waals surface area (Å²) < 4.78 is 6.61. The summed E-state index contributed by atoms with van der Waals surface area (Å²) in [6, 6.07) is 31.2. The van der Waals surface area contributed by atoms with E-state index in [-0.39, 0.29) is 18.4 Å². The predicted octanol–water partition coefficient (Wildman–Crippen LogP) is 4.47. The average Bonchev–Trinajstić information content (AvgIpc) is 3.56. The van der Waals surface area contributed by atoms with E-state index < -0.39 is 11.9 Å². The molecule has 0 aliphatic heterocycles. The molecule has 46 heavy (non-hydrogen) atoms. The van der Waals surface area contributed by atoms with Crippen molar-refractivity contribution in [3.05, 3.63) is 126 Å². The molecule has 0 spiro atoms. The van der Waals surface area contributed by atoms with Gasteiger partial charge in [-0.3, -0.25) is 14.4 Å². The lowest BCUT2D eigenvalue weighted by molar-refractivity contribution is -0.127. The summed E-state index contributed by atoms with van der Waals surface area (Å²) in [7, 11) is 3.24. The average molecular weight is 614 g/mol. The van der Waals surface area contributed by atoms with Crippen molar-refractivity contribution in [2.45, 2.75) is 19.0 Å². The van der Waals surface area contributed by atoms with Crippen LogP contribution in [-0.4, -0.2) is 52.9 Å². The number of ether oxygens (including phenoxy) is 1. The third kappa shape index (κ3) is 7.81. The van der Waals surface area contributed by atoms with Gasteiger partial charge in [0.15, 0.2) is 0 Å². The molecule has 0 aliphatic carbocycles. The van der Waals surface area contributed by atoms with Gasteiger partial charge in [0.1, 0.15) is 24.0 Å². The van der Waals surface area contributed by atoms with Crippen LogP contribution in [0.4, 0.5) is 11.4 Å². The van der Waals surface area contributed by atoms with Crippen molar-refractivity contribution in [3.63, 3.8) is 0 Å². The van der Waals surface area contributed by atoms with Crippen LogP contribution in [0.3, 0.4) is 0 Å². The number of likely N-dealkylation sites (N-methyl/N-ethyl adjacent to an activating group) is 1. The summed E-state index contributed by atoms with van der Waals surface area (Å²) in [5, 5.41) is 23.0. The summed E-state index contributed by atoms with van der Waals surface area (Å²) in [6.07, 6.45) is 1.92. The lowest BCUT2D eigenvalue weighted by Gasteiger charge is -2.25. The van der Waals surface area contributed by atoms with E-state index in [1.54, 1.807) is 87.1 Å². The van der Waals surface area contributed by atoms with Crippen LogP contribution in [0.15, 0.2) is 109 Å². The van der Waals surface area contributed by atoms with E-state index >= 15 is 0 Å². The normalized spacial score (nSPS) is 11.2. The van der Waals surface area contributed by atoms with Gasteiger partial charge in [0.25, 0.3) is 5.91 Å². The summed E-state index contributed by atoms with van der Waals surface area (Å²) in [5.41, 5.74) is 4.17. The standard InChI is InChI=1S/C35H31N7O4/c1-41(29-15-17-30(46-2)18-16-29)35(45)31(19-24-7-4-3-5-8-24)38-33(43)23-42-22-32(39-40-42)27-9-6-10-28(20-27)37-34(44)26-13-11-25(21-36)12-14-26/h3-18,20,22,31H,19,23H2,1-2H3,(H,37,44)(H,38,43). The molecule has 1 atom stereocenters. The Kier molecular flexibility index (Phi) is 9.79. The molecule has 1 unspecified atom stereocenters. The first kappa shape index (κ1) is 31.2.